The highest BCUT2D eigenvalue weighted by atomic mass is 16.5. The first-order valence-electron chi connectivity index (χ1n) is 8.73. The number of likely N-dealkylation sites (N-methyl/N-ethyl adjacent to an activating group) is 2. The maximum absolute atomic E-state index is 5.10. The molecule has 0 aromatic carbocycles. The van der Waals surface area contributed by atoms with Gasteiger partial charge in [0.2, 0.25) is 0 Å². The fraction of sp³-hybridized carbons (Fsp3) is 1.00. The lowest BCUT2D eigenvalue weighted by Crippen LogP contribution is -2.32. The average Bonchev–Trinajstić information content (AvgIpc) is 2.51. The molecule has 128 valence electrons. The zero-order valence-corrected chi connectivity index (χ0v) is 14.9. The van der Waals surface area contributed by atoms with E-state index < -0.39 is 0 Å². The van der Waals surface area contributed by atoms with Gasteiger partial charge in [0.15, 0.2) is 0 Å². The van der Waals surface area contributed by atoms with Crippen LogP contribution in [0.1, 0.15) is 46.0 Å². The van der Waals surface area contributed by atoms with E-state index in [1.807, 2.05) is 0 Å². The topological polar surface area (TPSA) is 24.9 Å². The van der Waals surface area contributed by atoms with Crippen molar-refractivity contribution in [3.05, 3.63) is 0 Å². The van der Waals surface area contributed by atoms with Gasteiger partial charge in [0.05, 0.1) is 26.4 Å². The molecule has 0 radical (unpaired) electrons. The number of hydrogen-bond acceptors (Lipinski definition) is 4. The van der Waals surface area contributed by atoms with Gasteiger partial charge in [-0.1, -0.05) is 46.0 Å². The molecule has 0 atom stereocenters. The van der Waals surface area contributed by atoms with E-state index in [-0.39, 0.29) is 0 Å². The molecule has 0 amide bonds. The third kappa shape index (κ3) is 16.0. The summed E-state index contributed by atoms with van der Waals surface area (Å²) in [6, 6.07) is 0. The third-order valence-corrected chi connectivity index (χ3v) is 3.68. The molecule has 2 fully saturated rings. The van der Waals surface area contributed by atoms with Crippen molar-refractivity contribution in [2.45, 2.75) is 46.0 Å². The van der Waals surface area contributed by atoms with Crippen LogP contribution in [0.15, 0.2) is 0 Å². The van der Waals surface area contributed by atoms with Crippen LogP contribution in [0, 0.1) is 0 Å². The van der Waals surface area contributed by atoms with Crippen LogP contribution in [0.4, 0.5) is 0 Å². The minimum Gasteiger partial charge on any atom is -0.379 e. The summed E-state index contributed by atoms with van der Waals surface area (Å²) < 4.78 is 10.2. The van der Waals surface area contributed by atoms with Crippen LogP contribution in [-0.2, 0) is 9.47 Å². The highest BCUT2D eigenvalue weighted by Crippen LogP contribution is 2.00. The summed E-state index contributed by atoms with van der Waals surface area (Å²) in [4.78, 5) is 4.53. The van der Waals surface area contributed by atoms with Gasteiger partial charge in [0, 0.05) is 26.2 Å². The van der Waals surface area contributed by atoms with Gasteiger partial charge in [-0.15, -0.1) is 0 Å². The van der Waals surface area contributed by atoms with Crippen LogP contribution in [0.2, 0.25) is 0 Å². The number of unbranched alkanes of at least 4 members (excludes halogenated alkanes) is 4. The summed E-state index contributed by atoms with van der Waals surface area (Å²) in [5.74, 6) is 0. The standard InChI is InChI=1S/C7H16.2C5H11NO/c1-3-5-7-6-4-2;2*1-6-2-4-7-5-3-6/h3-7H2,1-2H3;2*2-5H2,1H3. The minimum atomic E-state index is 0.913. The van der Waals surface area contributed by atoms with Gasteiger partial charge in [0.25, 0.3) is 0 Å². The second-order valence-electron chi connectivity index (χ2n) is 5.89. The fourth-order valence-corrected chi connectivity index (χ4v) is 1.99. The number of ether oxygens (including phenoxy) is 2. The van der Waals surface area contributed by atoms with E-state index in [9.17, 15) is 0 Å². The third-order valence-electron chi connectivity index (χ3n) is 3.68. The zero-order valence-electron chi connectivity index (χ0n) is 14.9. The van der Waals surface area contributed by atoms with E-state index >= 15 is 0 Å². The molecule has 0 unspecified atom stereocenters. The Labute approximate surface area is 132 Å². The van der Waals surface area contributed by atoms with Gasteiger partial charge in [-0.25, -0.2) is 0 Å². The molecule has 0 N–H and O–H groups in total. The molecule has 2 aliphatic heterocycles. The average molecular weight is 303 g/mol. The summed E-state index contributed by atoms with van der Waals surface area (Å²) in [6.45, 7) is 12.5. The molecule has 2 saturated heterocycles. The molecule has 0 saturated carbocycles. The lowest BCUT2D eigenvalue weighted by Gasteiger charge is -2.21. The highest BCUT2D eigenvalue weighted by Gasteiger charge is 2.02. The molecule has 2 heterocycles. The predicted octanol–water partition coefficient (Wildman–Crippen LogP) is 2.87. The van der Waals surface area contributed by atoms with Crippen LogP contribution in [-0.4, -0.2) is 76.5 Å². The van der Waals surface area contributed by atoms with Crippen molar-refractivity contribution in [1.29, 1.82) is 0 Å². The van der Waals surface area contributed by atoms with Gasteiger partial charge in [-0.3, -0.25) is 0 Å². The SMILES string of the molecule is CCCCCCC.CN1CCOCC1.CN1CCOCC1. The number of morpholine rings is 2. The monoisotopic (exact) mass is 302 g/mol. The molecule has 4 heteroatoms. The Morgan fingerprint density at radius 2 is 0.952 bits per heavy atom. The van der Waals surface area contributed by atoms with Crippen LogP contribution < -0.4 is 0 Å². The van der Waals surface area contributed by atoms with Gasteiger partial charge < -0.3 is 19.3 Å². The first-order valence-corrected chi connectivity index (χ1v) is 8.73. The highest BCUT2D eigenvalue weighted by molar-refractivity contribution is 4.54. The van der Waals surface area contributed by atoms with Crippen molar-refractivity contribution in [3.63, 3.8) is 0 Å². The molecular weight excluding hydrogens is 264 g/mol. The molecular formula is C17H38N2O2. The van der Waals surface area contributed by atoms with Crippen LogP contribution in [0.5, 0.6) is 0 Å². The maximum atomic E-state index is 5.10. The molecule has 0 aromatic heterocycles. The Morgan fingerprint density at radius 3 is 1.14 bits per heavy atom. The Kier molecular flexibility index (Phi) is 16.1. The van der Waals surface area contributed by atoms with Crippen molar-refractivity contribution >= 4 is 0 Å². The Bertz CT molecular complexity index is 171. The van der Waals surface area contributed by atoms with Gasteiger partial charge in [-0.2, -0.15) is 0 Å². The number of rotatable bonds is 4. The molecule has 0 aromatic rings. The second kappa shape index (κ2) is 16.2. The van der Waals surface area contributed by atoms with Gasteiger partial charge in [-0.05, 0) is 14.1 Å². The summed E-state index contributed by atoms with van der Waals surface area (Å²) in [7, 11) is 4.23. The van der Waals surface area contributed by atoms with Crippen LogP contribution >= 0.6 is 0 Å². The van der Waals surface area contributed by atoms with Crippen LogP contribution in [0.25, 0.3) is 0 Å². The molecule has 4 nitrogen and oxygen atoms in total. The lowest BCUT2D eigenvalue weighted by molar-refractivity contribution is 0.0502. The van der Waals surface area contributed by atoms with E-state index in [4.69, 9.17) is 9.47 Å². The van der Waals surface area contributed by atoms with Crippen molar-refractivity contribution in [2.24, 2.45) is 0 Å². The Morgan fingerprint density at radius 1 is 0.619 bits per heavy atom. The molecule has 0 bridgehead atoms. The summed E-state index contributed by atoms with van der Waals surface area (Å²) in [5.41, 5.74) is 0. The number of nitrogens with zero attached hydrogens (tertiary/aromatic N) is 2. The largest absolute Gasteiger partial charge is 0.379 e. The summed E-state index contributed by atoms with van der Waals surface area (Å²) in [5, 5.41) is 0. The van der Waals surface area contributed by atoms with E-state index in [2.05, 4.69) is 37.7 Å². The second-order valence-corrected chi connectivity index (χ2v) is 5.89. The van der Waals surface area contributed by atoms with Crippen LogP contribution in [0.3, 0.4) is 0 Å². The van der Waals surface area contributed by atoms with Crippen molar-refractivity contribution in [1.82, 2.24) is 9.80 Å². The number of hydrogen-bond donors (Lipinski definition) is 0. The van der Waals surface area contributed by atoms with E-state index in [0.29, 0.717) is 0 Å². The maximum Gasteiger partial charge on any atom is 0.0594 e. The predicted molar refractivity (Wildman–Crippen MR) is 91.1 cm³/mol. The van der Waals surface area contributed by atoms with Crippen molar-refractivity contribution in [2.75, 3.05) is 66.7 Å². The summed E-state index contributed by atoms with van der Waals surface area (Å²) in [6.07, 6.45) is 7.01. The first-order chi connectivity index (χ1) is 10.2. The molecule has 0 spiro atoms. The Hall–Kier alpha value is -0.160. The quantitative estimate of drug-likeness (QED) is 0.746. The fourth-order valence-electron chi connectivity index (χ4n) is 1.99. The van der Waals surface area contributed by atoms with Crippen molar-refractivity contribution in [3.8, 4) is 0 Å². The molecule has 2 rings (SSSR count). The van der Waals surface area contributed by atoms with Crippen molar-refractivity contribution < 1.29 is 9.47 Å². The van der Waals surface area contributed by atoms with Gasteiger partial charge in [0.1, 0.15) is 0 Å². The van der Waals surface area contributed by atoms with Gasteiger partial charge >= 0.3 is 0 Å². The Balaban J connectivity index is 0.000000286. The zero-order chi connectivity index (χ0) is 15.8. The normalized spacial score (nSPS) is 20.0. The smallest absolute Gasteiger partial charge is 0.0594 e. The summed E-state index contributed by atoms with van der Waals surface area (Å²) >= 11 is 0. The van der Waals surface area contributed by atoms with E-state index in [0.717, 1.165) is 52.6 Å². The first kappa shape index (κ1) is 20.8. The van der Waals surface area contributed by atoms with E-state index in [1.165, 1.54) is 32.1 Å². The molecule has 21 heavy (non-hydrogen) atoms. The molecule has 2 aliphatic rings. The minimum absolute atomic E-state index is 0.913. The van der Waals surface area contributed by atoms with E-state index in [1.54, 1.807) is 0 Å². The molecule has 0 aliphatic carbocycles. The lowest BCUT2D eigenvalue weighted by atomic mass is 10.2.